The van der Waals surface area contributed by atoms with Crippen LogP contribution in [0, 0.1) is 0 Å². The SMILES string of the molecule is Oc1cc(N=C/C=C/c2ccc(Cl)cc2Cl)ccc1-c1nc2ccccc2o1. The van der Waals surface area contributed by atoms with Gasteiger partial charge in [0.25, 0.3) is 0 Å². The van der Waals surface area contributed by atoms with E-state index >= 15 is 0 Å². The minimum absolute atomic E-state index is 0.0472. The largest absolute Gasteiger partial charge is 0.507 e. The average Bonchev–Trinajstić information content (AvgIpc) is 3.10. The van der Waals surface area contributed by atoms with E-state index in [1.165, 1.54) is 0 Å². The van der Waals surface area contributed by atoms with E-state index in [2.05, 4.69) is 9.98 Å². The monoisotopic (exact) mass is 408 g/mol. The fraction of sp³-hybridized carbons (Fsp3) is 0. The molecule has 4 aromatic rings. The topological polar surface area (TPSA) is 58.6 Å². The Balaban J connectivity index is 1.52. The van der Waals surface area contributed by atoms with Crippen LogP contribution in [0.2, 0.25) is 10.0 Å². The predicted octanol–water partition coefficient (Wildman–Crippen LogP) is 6.92. The van der Waals surface area contributed by atoms with Gasteiger partial charge in [0, 0.05) is 22.3 Å². The highest BCUT2D eigenvalue weighted by atomic mass is 35.5. The third-order valence-electron chi connectivity index (χ3n) is 4.05. The van der Waals surface area contributed by atoms with Gasteiger partial charge in [-0.15, -0.1) is 0 Å². The fourth-order valence-electron chi connectivity index (χ4n) is 2.68. The second kappa shape index (κ2) is 7.89. The molecule has 0 aliphatic carbocycles. The maximum atomic E-state index is 10.3. The number of hydrogen-bond donors (Lipinski definition) is 1. The van der Waals surface area contributed by atoms with E-state index in [-0.39, 0.29) is 5.75 Å². The third kappa shape index (κ3) is 3.93. The summed E-state index contributed by atoms with van der Waals surface area (Å²) in [6, 6.07) is 17.8. The lowest BCUT2D eigenvalue weighted by Gasteiger charge is -2.01. The number of rotatable bonds is 4. The number of oxazole rings is 1. The molecule has 0 spiro atoms. The first-order valence-electron chi connectivity index (χ1n) is 8.45. The predicted molar refractivity (Wildman–Crippen MR) is 115 cm³/mol. The van der Waals surface area contributed by atoms with Crippen molar-refractivity contribution < 1.29 is 9.52 Å². The lowest BCUT2D eigenvalue weighted by Crippen LogP contribution is -1.79. The van der Waals surface area contributed by atoms with Gasteiger partial charge in [0.05, 0.1) is 11.3 Å². The van der Waals surface area contributed by atoms with Crippen LogP contribution in [0.1, 0.15) is 5.56 Å². The Morgan fingerprint density at radius 1 is 1.00 bits per heavy atom. The van der Waals surface area contributed by atoms with Gasteiger partial charge in [0.1, 0.15) is 11.3 Å². The molecule has 0 unspecified atom stereocenters. The van der Waals surface area contributed by atoms with E-state index in [9.17, 15) is 5.11 Å². The quantitative estimate of drug-likeness (QED) is 0.372. The molecule has 6 heteroatoms. The lowest BCUT2D eigenvalue weighted by molar-refractivity contribution is 0.474. The summed E-state index contributed by atoms with van der Waals surface area (Å²) in [4.78, 5) is 8.71. The average molecular weight is 409 g/mol. The smallest absolute Gasteiger partial charge is 0.231 e. The highest BCUT2D eigenvalue weighted by molar-refractivity contribution is 6.35. The first-order valence-corrected chi connectivity index (χ1v) is 9.20. The number of hydrogen-bond acceptors (Lipinski definition) is 4. The molecule has 1 heterocycles. The molecule has 0 saturated carbocycles. The molecule has 0 aliphatic rings. The van der Waals surface area contributed by atoms with Crippen LogP contribution < -0.4 is 0 Å². The van der Waals surface area contributed by atoms with Crippen LogP contribution in [0.3, 0.4) is 0 Å². The maximum Gasteiger partial charge on any atom is 0.231 e. The van der Waals surface area contributed by atoms with Crippen LogP contribution in [0.5, 0.6) is 5.75 Å². The molecule has 28 heavy (non-hydrogen) atoms. The van der Waals surface area contributed by atoms with Crippen molar-refractivity contribution in [2.45, 2.75) is 0 Å². The minimum Gasteiger partial charge on any atom is -0.507 e. The molecule has 4 nitrogen and oxygen atoms in total. The second-order valence-corrected chi connectivity index (χ2v) is 6.83. The van der Waals surface area contributed by atoms with Gasteiger partial charge in [0.15, 0.2) is 5.58 Å². The van der Waals surface area contributed by atoms with E-state index in [4.69, 9.17) is 27.6 Å². The highest BCUT2D eigenvalue weighted by Gasteiger charge is 2.12. The van der Waals surface area contributed by atoms with Crippen LogP contribution in [-0.4, -0.2) is 16.3 Å². The van der Waals surface area contributed by atoms with Gasteiger partial charge in [0.2, 0.25) is 5.89 Å². The summed E-state index contributed by atoms with van der Waals surface area (Å²) in [5, 5.41) is 11.5. The number of halogens is 2. The third-order valence-corrected chi connectivity index (χ3v) is 4.62. The van der Waals surface area contributed by atoms with Crippen molar-refractivity contribution in [3.05, 3.63) is 82.3 Å². The van der Waals surface area contributed by atoms with Crippen molar-refractivity contribution in [2.24, 2.45) is 4.99 Å². The van der Waals surface area contributed by atoms with Gasteiger partial charge >= 0.3 is 0 Å². The molecule has 0 bridgehead atoms. The summed E-state index contributed by atoms with van der Waals surface area (Å²) in [6.45, 7) is 0. The van der Waals surface area contributed by atoms with Crippen molar-refractivity contribution in [1.29, 1.82) is 0 Å². The molecular weight excluding hydrogens is 395 g/mol. The molecule has 0 radical (unpaired) electrons. The molecule has 1 aromatic heterocycles. The maximum absolute atomic E-state index is 10.3. The first-order chi connectivity index (χ1) is 13.6. The number of phenolic OH excluding ortho intramolecular Hbond substituents is 1. The summed E-state index contributed by atoms with van der Waals surface area (Å²) in [5.41, 5.74) is 3.37. The van der Waals surface area contributed by atoms with Gasteiger partial charge in [-0.1, -0.05) is 47.5 Å². The molecule has 138 valence electrons. The van der Waals surface area contributed by atoms with Crippen LogP contribution in [-0.2, 0) is 0 Å². The Morgan fingerprint density at radius 2 is 1.86 bits per heavy atom. The van der Waals surface area contributed by atoms with E-state index in [0.717, 1.165) is 11.1 Å². The van der Waals surface area contributed by atoms with Gasteiger partial charge in [-0.3, -0.25) is 4.99 Å². The summed E-state index contributed by atoms with van der Waals surface area (Å²) < 4.78 is 5.70. The van der Waals surface area contributed by atoms with Gasteiger partial charge < -0.3 is 9.52 Å². The Bertz CT molecular complexity index is 1180. The number of aromatic nitrogens is 1. The molecule has 3 aromatic carbocycles. The van der Waals surface area contributed by atoms with Crippen LogP contribution >= 0.6 is 23.2 Å². The van der Waals surface area contributed by atoms with Crippen molar-refractivity contribution >= 4 is 52.3 Å². The standard InChI is InChI=1S/C22H14Cl2N2O2/c23-15-8-7-14(18(24)12-15)4-3-11-25-16-9-10-17(20(27)13-16)22-26-19-5-1-2-6-21(19)28-22/h1-13,27H/b4-3+,25-11?. The minimum atomic E-state index is 0.0472. The van der Waals surface area contributed by atoms with E-state index in [1.54, 1.807) is 42.6 Å². The number of nitrogens with zero attached hydrogens (tertiary/aromatic N) is 2. The summed E-state index contributed by atoms with van der Waals surface area (Å²) in [6.07, 6.45) is 5.22. The summed E-state index contributed by atoms with van der Waals surface area (Å²) in [5.74, 6) is 0.414. The number of aliphatic imine (C=N–C) groups is 1. The van der Waals surface area contributed by atoms with E-state index < -0.39 is 0 Å². The van der Waals surface area contributed by atoms with Crippen molar-refractivity contribution in [1.82, 2.24) is 4.98 Å². The number of fused-ring (bicyclic) bond motifs is 1. The van der Waals surface area contributed by atoms with Crippen molar-refractivity contribution in [2.75, 3.05) is 0 Å². The van der Waals surface area contributed by atoms with Gasteiger partial charge in [-0.2, -0.15) is 0 Å². The molecule has 1 N–H and O–H groups in total. The van der Waals surface area contributed by atoms with Gasteiger partial charge in [-0.05, 0) is 48.0 Å². The number of allylic oxidation sites excluding steroid dienone is 1. The zero-order valence-corrected chi connectivity index (χ0v) is 16.0. The van der Waals surface area contributed by atoms with Crippen LogP contribution in [0.4, 0.5) is 5.69 Å². The highest BCUT2D eigenvalue weighted by Crippen LogP contribution is 2.33. The Labute approximate surface area is 171 Å². The normalized spacial score (nSPS) is 11.8. The summed E-state index contributed by atoms with van der Waals surface area (Å²) in [7, 11) is 0. The molecule has 0 atom stereocenters. The number of para-hydroxylation sites is 2. The van der Waals surface area contributed by atoms with Crippen molar-refractivity contribution in [3.63, 3.8) is 0 Å². The molecule has 0 fully saturated rings. The molecule has 0 aliphatic heterocycles. The number of phenols is 1. The second-order valence-electron chi connectivity index (χ2n) is 5.99. The summed E-state index contributed by atoms with van der Waals surface area (Å²) >= 11 is 12.0. The number of aromatic hydroxyl groups is 1. The van der Waals surface area contributed by atoms with E-state index in [1.807, 2.05) is 36.4 Å². The zero-order chi connectivity index (χ0) is 19.5. The van der Waals surface area contributed by atoms with Gasteiger partial charge in [-0.25, -0.2) is 4.98 Å². The Hall–Kier alpha value is -3.08. The zero-order valence-electron chi connectivity index (χ0n) is 14.5. The Kier molecular flexibility index (Phi) is 5.15. The van der Waals surface area contributed by atoms with Crippen molar-refractivity contribution in [3.8, 4) is 17.2 Å². The lowest BCUT2D eigenvalue weighted by atomic mass is 10.2. The Morgan fingerprint density at radius 3 is 2.64 bits per heavy atom. The van der Waals surface area contributed by atoms with Crippen LogP contribution in [0.15, 0.2) is 76.1 Å². The number of benzene rings is 3. The molecule has 4 rings (SSSR count). The van der Waals surface area contributed by atoms with Crippen LogP contribution in [0.25, 0.3) is 28.6 Å². The molecular formula is C22H14Cl2N2O2. The first kappa shape index (κ1) is 18.3. The molecule has 0 saturated heterocycles. The molecule has 0 amide bonds. The fourth-order valence-corrected chi connectivity index (χ4v) is 3.15. The van der Waals surface area contributed by atoms with E-state index in [0.29, 0.717) is 32.8 Å².